The minimum atomic E-state index is -3.31. The summed E-state index contributed by atoms with van der Waals surface area (Å²) in [4.78, 5) is 0.456. The molecular formula is C15H23NO2S. The molecule has 19 heavy (non-hydrogen) atoms. The molecule has 3 nitrogen and oxygen atoms in total. The number of nitrogens with zero attached hydrogens (tertiary/aromatic N) is 1. The summed E-state index contributed by atoms with van der Waals surface area (Å²) in [7, 11) is -3.31. The lowest BCUT2D eigenvalue weighted by molar-refractivity contribution is 0.226. The molecule has 1 saturated heterocycles. The third kappa shape index (κ3) is 3.00. The highest BCUT2D eigenvalue weighted by molar-refractivity contribution is 7.89. The Morgan fingerprint density at radius 1 is 1.16 bits per heavy atom. The number of benzene rings is 1. The van der Waals surface area contributed by atoms with Gasteiger partial charge in [0.25, 0.3) is 0 Å². The maximum absolute atomic E-state index is 12.6. The van der Waals surface area contributed by atoms with Gasteiger partial charge in [0.2, 0.25) is 10.0 Å². The summed E-state index contributed by atoms with van der Waals surface area (Å²) in [6, 6.07) is 7.23. The van der Waals surface area contributed by atoms with E-state index in [-0.39, 0.29) is 0 Å². The molecule has 1 heterocycles. The normalized spacial score (nSPS) is 18.9. The van der Waals surface area contributed by atoms with E-state index in [0.717, 1.165) is 18.4 Å². The van der Waals surface area contributed by atoms with Crippen LogP contribution in [-0.4, -0.2) is 25.8 Å². The molecule has 0 radical (unpaired) electrons. The van der Waals surface area contributed by atoms with E-state index in [4.69, 9.17) is 0 Å². The lowest BCUT2D eigenvalue weighted by Crippen LogP contribution is -2.39. The van der Waals surface area contributed by atoms with Crippen molar-refractivity contribution in [3.8, 4) is 0 Å². The van der Waals surface area contributed by atoms with Crippen LogP contribution in [0.4, 0.5) is 0 Å². The Hall–Kier alpha value is -0.870. The van der Waals surface area contributed by atoms with Crippen LogP contribution in [0, 0.1) is 18.8 Å². The molecule has 1 aromatic rings. The van der Waals surface area contributed by atoms with Crippen LogP contribution in [-0.2, 0) is 10.0 Å². The van der Waals surface area contributed by atoms with Crippen LogP contribution >= 0.6 is 0 Å². The van der Waals surface area contributed by atoms with E-state index in [2.05, 4.69) is 13.8 Å². The maximum Gasteiger partial charge on any atom is 0.243 e. The van der Waals surface area contributed by atoms with Crippen molar-refractivity contribution >= 4 is 10.0 Å². The highest BCUT2D eigenvalue weighted by Crippen LogP contribution is 2.28. The highest BCUT2D eigenvalue weighted by Gasteiger charge is 2.30. The summed E-state index contributed by atoms with van der Waals surface area (Å²) in [5.41, 5.74) is 0.827. The van der Waals surface area contributed by atoms with Crippen molar-refractivity contribution in [2.75, 3.05) is 13.1 Å². The zero-order valence-corrected chi connectivity index (χ0v) is 12.8. The van der Waals surface area contributed by atoms with Crippen molar-refractivity contribution in [3.05, 3.63) is 29.8 Å². The van der Waals surface area contributed by atoms with Gasteiger partial charge in [0.1, 0.15) is 0 Å². The molecule has 1 aliphatic heterocycles. The Balaban J connectivity index is 2.17. The number of rotatable bonds is 3. The molecular weight excluding hydrogens is 258 g/mol. The molecule has 0 spiro atoms. The second-order valence-electron chi connectivity index (χ2n) is 5.75. The largest absolute Gasteiger partial charge is 0.243 e. The molecule has 0 atom stereocenters. The number of aryl methyl sites for hydroxylation is 1. The first-order valence-electron chi connectivity index (χ1n) is 6.98. The van der Waals surface area contributed by atoms with Gasteiger partial charge in [0.15, 0.2) is 0 Å². The second kappa shape index (κ2) is 5.63. The fourth-order valence-electron chi connectivity index (χ4n) is 2.77. The molecule has 0 bridgehead atoms. The lowest BCUT2D eigenvalue weighted by Gasteiger charge is -2.33. The van der Waals surface area contributed by atoms with Crippen molar-refractivity contribution in [2.45, 2.75) is 38.5 Å². The monoisotopic (exact) mass is 281 g/mol. The molecule has 1 aliphatic rings. The summed E-state index contributed by atoms with van der Waals surface area (Å²) in [6.45, 7) is 7.60. The van der Waals surface area contributed by atoms with E-state index in [1.165, 1.54) is 0 Å². The average molecular weight is 281 g/mol. The minimum absolute atomic E-state index is 0.456. The van der Waals surface area contributed by atoms with Gasteiger partial charge < -0.3 is 0 Å². The van der Waals surface area contributed by atoms with Gasteiger partial charge >= 0.3 is 0 Å². The fourth-order valence-corrected chi connectivity index (χ4v) is 4.46. The van der Waals surface area contributed by atoms with Crippen LogP contribution in [0.1, 0.15) is 32.3 Å². The second-order valence-corrected chi connectivity index (χ2v) is 7.66. The summed E-state index contributed by atoms with van der Waals surface area (Å²) < 4.78 is 26.9. The summed E-state index contributed by atoms with van der Waals surface area (Å²) >= 11 is 0. The molecule has 1 fully saturated rings. The van der Waals surface area contributed by atoms with Gasteiger partial charge in [0.05, 0.1) is 4.90 Å². The molecule has 106 valence electrons. The van der Waals surface area contributed by atoms with E-state index in [9.17, 15) is 8.42 Å². The van der Waals surface area contributed by atoms with E-state index >= 15 is 0 Å². The first-order chi connectivity index (χ1) is 8.93. The van der Waals surface area contributed by atoms with Crippen molar-refractivity contribution in [1.82, 2.24) is 4.31 Å². The van der Waals surface area contributed by atoms with Crippen molar-refractivity contribution < 1.29 is 8.42 Å². The van der Waals surface area contributed by atoms with E-state index in [1.54, 1.807) is 16.4 Å². The van der Waals surface area contributed by atoms with Crippen LogP contribution in [0.5, 0.6) is 0 Å². The van der Waals surface area contributed by atoms with E-state index in [1.807, 2.05) is 19.1 Å². The van der Waals surface area contributed by atoms with Gasteiger partial charge in [-0.15, -0.1) is 0 Å². The molecule has 2 rings (SSSR count). The van der Waals surface area contributed by atoms with Gasteiger partial charge in [0, 0.05) is 13.1 Å². The van der Waals surface area contributed by atoms with Crippen LogP contribution in [0.25, 0.3) is 0 Å². The van der Waals surface area contributed by atoms with Gasteiger partial charge in [-0.25, -0.2) is 8.42 Å². The van der Waals surface area contributed by atoms with Crippen LogP contribution in [0.15, 0.2) is 29.2 Å². The SMILES string of the molecule is Cc1ccccc1S(=O)(=O)N1CCC(C(C)C)CC1. The molecule has 0 saturated carbocycles. The Labute approximate surface area is 116 Å². The fraction of sp³-hybridized carbons (Fsp3) is 0.600. The molecule has 0 aliphatic carbocycles. The Kier molecular flexibility index (Phi) is 4.31. The standard InChI is InChI=1S/C15H23NO2S/c1-12(2)14-8-10-16(11-9-14)19(17,18)15-7-5-4-6-13(15)3/h4-7,12,14H,8-11H2,1-3H3. The molecule has 4 heteroatoms. The van der Waals surface area contributed by atoms with Gasteiger partial charge in [-0.3, -0.25) is 0 Å². The summed E-state index contributed by atoms with van der Waals surface area (Å²) in [5.74, 6) is 1.30. The Morgan fingerprint density at radius 2 is 1.74 bits per heavy atom. The zero-order chi connectivity index (χ0) is 14.0. The minimum Gasteiger partial charge on any atom is -0.207 e. The molecule has 0 unspecified atom stereocenters. The lowest BCUT2D eigenvalue weighted by atomic mass is 9.87. The van der Waals surface area contributed by atoms with Crippen LogP contribution in [0.2, 0.25) is 0 Å². The Bertz CT molecular complexity index is 529. The number of hydrogen-bond donors (Lipinski definition) is 0. The predicted octanol–water partition coefficient (Wildman–Crippen LogP) is 3.05. The maximum atomic E-state index is 12.6. The Morgan fingerprint density at radius 3 is 2.26 bits per heavy atom. The van der Waals surface area contributed by atoms with E-state index < -0.39 is 10.0 Å². The molecule has 0 aromatic heterocycles. The smallest absolute Gasteiger partial charge is 0.207 e. The molecule has 1 aromatic carbocycles. The average Bonchev–Trinajstić information content (AvgIpc) is 2.39. The van der Waals surface area contributed by atoms with Gasteiger partial charge in [-0.2, -0.15) is 4.31 Å². The number of hydrogen-bond acceptors (Lipinski definition) is 2. The molecule has 0 N–H and O–H groups in total. The first kappa shape index (κ1) is 14.5. The van der Waals surface area contributed by atoms with Crippen LogP contribution in [0.3, 0.4) is 0 Å². The first-order valence-corrected chi connectivity index (χ1v) is 8.42. The summed E-state index contributed by atoms with van der Waals surface area (Å²) in [6.07, 6.45) is 1.95. The van der Waals surface area contributed by atoms with Crippen molar-refractivity contribution in [3.63, 3.8) is 0 Å². The van der Waals surface area contributed by atoms with Crippen molar-refractivity contribution in [2.24, 2.45) is 11.8 Å². The van der Waals surface area contributed by atoms with Crippen molar-refractivity contribution in [1.29, 1.82) is 0 Å². The third-order valence-electron chi connectivity index (χ3n) is 4.15. The predicted molar refractivity (Wildman–Crippen MR) is 77.5 cm³/mol. The van der Waals surface area contributed by atoms with Gasteiger partial charge in [-0.05, 0) is 43.2 Å². The number of sulfonamides is 1. The number of piperidine rings is 1. The quantitative estimate of drug-likeness (QED) is 0.854. The third-order valence-corrected chi connectivity index (χ3v) is 6.21. The topological polar surface area (TPSA) is 37.4 Å². The van der Waals surface area contributed by atoms with Crippen LogP contribution < -0.4 is 0 Å². The molecule has 0 amide bonds. The zero-order valence-electron chi connectivity index (χ0n) is 12.0. The van der Waals surface area contributed by atoms with E-state index in [0.29, 0.717) is 29.8 Å². The highest BCUT2D eigenvalue weighted by atomic mass is 32.2. The van der Waals surface area contributed by atoms with Gasteiger partial charge in [-0.1, -0.05) is 32.0 Å². The summed E-state index contributed by atoms with van der Waals surface area (Å²) in [5, 5.41) is 0.